The van der Waals surface area contributed by atoms with Crippen molar-refractivity contribution in [1.29, 1.82) is 0 Å². The van der Waals surface area contributed by atoms with Crippen molar-refractivity contribution in [3.05, 3.63) is 18.2 Å². The van der Waals surface area contributed by atoms with Gasteiger partial charge in [-0.1, -0.05) is 0 Å². The predicted octanol–water partition coefficient (Wildman–Crippen LogP) is 0.497. The van der Waals surface area contributed by atoms with Gasteiger partial charge in [-0.3, -0.25) is 4.79 Å². The van der Waals surface area contributed by atoms with Crippen LogP contribution in [-0.4, -0.2) is 32.4 Å². The average molecular weight is 234 g/mol. The Hall–Kier alpha value is -1.36. The van der Waals surface area contributed by atoms with Crippen LogP contribution in [0.1, 0.15) is 31.5 Å². The summed E-state index contributed by atoms with van der Waals surface area (Å²) in [6, 6.07) is 0. The van der Waals surface area contributed by atoms with Crippen molar-refractivity contribution in [3.8, 4) is 0 Å². The van der Waals surface area contributed by atoms with E-state index in [4.69, 9.17) is 5.73 Å². The first-order valence-electron chi connectivity index (χ1n) is 6.23. The van der Waals surface area contributed by atoms with Crippen molar-refractivity contribution in [2.75, 3.05) is 6.54 Å². The number of carbonyl (C=O) groups excluding carboxylic acids is 1. The molecule has 2 heterocycles. The van der Waals surface area contributed by atoms with E-state index in [1.54, 1.807) is 6.20 Å². The summed E-state index contributed by atoms with van der Waals surface area (Å²) in [5.74, 6) is 1.16. The smallest absolute Gasteiger partial charge is 0.224 e. The SMILES string of the molecule is NC1(CC(=O)N2CCn3ccnc3C2)CCC1. The zero-order valence-corrected chi connectivity index (χ0v) is 9.93. The number of nitrogens with two attached hydrogens (primary N) is 1. The number of fused-ring (bicyclic) bond motifs is 1. The van der Waals surface area contributed by atoms with E-state index in [0.29, 0.717) is 13.0 Å². The Kier molecular flexibility index (Phi) is 2.43. The molecule has 2 aliphatic rings. The van der Waals surface area contributed by atoms with E-state index in [1.807, 2.05) is 11.1 Å². The Morgan fingerprint density at radius 1 is 1.47 bits per heavy atom. The van der Waals surface area contributed by atoms with Crippen LogP contribution in [0.25, 0.3) is 0 Å². The first-order valence-corrected chi connectivity index (χ1v) is 6.23. The molecular weight excluding hydrogens is 216 g/mol. The molecule has 1 saturated carbocycles. The maximum Gasteiger partial charge on any atom is 0.224 e. The van der Waals surface area contributed by atoms with Crippen LogP contribution in [0, 0.1) is 0 Å². The van der Waals surface area contributed by atoms with E-state index < -0.39 is 0 Å². The van der Waals surface area contributed by atoms with Gasteiger partial charge in [0, 0.05) is 37.4 Å². The van der Waals surface area contributed by atoms with Gasteiger partial charge in [-0.2, -0.15) is 0 Å². The van der Waals surface area contributed by atoms with Crippen LogP contribution in [0.5, 0.6) is 0 Å². The van der Waals surface area contributed by atoms with Crippen molar-refractivity contribution in [3.63, 3.8) is 0 Å². The van der Waals surface area contributed by atoms with E-state index in [2.05, 4.69) is 9.55 Å². The molecule has 0 radical (unpaired) electrons. The second kappa shape index (κ2) is 3.84. The summed E-state index contributed by atoms with van der Waals surface area (Å²) >= 11 is 0. The number of amides is 1. The third kappa shape index (κ3) is 1.95. The van der Waals surface area contributed by atoms with Crippen molar-refractivity contribution < 1.29 is 4.79 Å². The summed E-state index contributed by atoms with van der Waals surface area (Å²) in [6.45, 7) is 2.25. The lowest BCUT2D eigenvalue weighted by molar-refractivity contribution is -0.134. The second-order valence-corrected chi connectivity index (χ2v) is 5.24. The lowest BCUT2D eigenvalue weighted by Gasteiger charge is -2.39. The number of hydrogen-bond acceptors (Lipinski definition) is 3. The molecule has 0 bridgehead atoms. The van der Waals surface area contributed by atoms with E-state index in [1.165, 1.54) is 0 Å². The number of imidazole rings is 1. The van der Waals surface area contributed by atoms with Crippen LogP contribution in [-0.2, 0) is 17.9 Å². The average Bonchev–Trinajstić information content (AvgIpc) is 2.73. The summed E-state index contributed by atoms with van der Waals surface area (Å²) < 4.78 is 2.10. The van der Waals surface area contributed by atoms with Crippen LogP contribution in [0.15, 0.2) is 12.4 Å². The Morgan fingerprint density at radius 2 is 2.29 bits per heavy atom. The first-order chi connectivity index (χ1) is 8.16. The molecule has 3 rings (SSSR count). The molecule has 1 aliphatic heterocycles. The van der Waals surface area contributed by atoms with Gasteiger partial charge in [0.25, 0.3) is 0 Å². The summed E-state index contributed by atoms with van der Waals surface area (Å²) in [4.78, 5) is 18.3. The van der Waals surface area contributed by atoms with Crippen LogP contribution in [0.3, 0.4) is 0 Å². The van der Waals surface area contributed by atoms with E-state index >= 15 is 0 Å². The van der Waals surface area contributed by atoms with Crippen LogP contribution in [0.2, 0.25) is 0 Å². The number of rotatable bonds is 2. The topological polar surface area (TPSA) is 64.2 Å². The lowest BCUT2D eigenvalue weighted by Crippen LogP contribution is -2.51. The molecule has 1 aliphatic carbocycles. The Morgan fingerprint density at radius 3 is 3.00 bits per heavy atom. The normalized spacial score (nSPS) is 21.8. The predicted molar refractivity (Wildman–Crippen MR) is 63.0 cm³/mol. The van der Waals surface area contributed by atoms with Gasteiger partial charge < -0.3 is 15.2 Å². The molecule has 1 aromatic rings. The second-order valence-electron chi connectivity index (χ2n) is 5.24. The van der Waals surface area contributed by atoms with Gasteiger partial charge in [-0.05, 0) is 19.3 Å². The highest BCUT2D eigenvalue weighted by Crippen LogP contribution is 2.32. The highest BCUT2D eigenvalue weighted by molar-refractivity contribution is 5.77. The Labute approximate surface area is 101 Å². The zero-order valence-electron chi connectivity index (χ0n) is 9.93. The quantitative estimate of drug-likeness (QED) is 0.810. The fraction of sp³-hybridized carbons (Fsp3) is 0.667. The number of hydrogen-bond donors (Lipinski definition) is 1. The summed E-state index contributed by atoms with van der Waals surface area (Å²) in [5.41, 5.74) is 5.90. The van der Waals surface area contributed by atoms with Crippen LogP contribution >= 0.6 is 0 Å². The molecule has 0 unspecified atom stereocenters. The summed E-state index contributed by atoms with van der Waals surface area (Å²) in [6.07, 6.45) is 7.39. The number of carbonyl (C=O) groups is 1. The van der Waals surface area contributed by atoms with E-state index in [0.717, 1.165) is 38.2 Å². The molecule has 92 valence electrons. The molecular formula is C12H18N4O. The maximum atomic E-state index is 12.1. The zero-order chi connectivity index (χ0) is 11.9. The van der Waals surface area contributed by atoms with Gasteiger partial charge in [-0.15, -0.1) is 0 Å². The van der Waals surface area contributed by atoms with Crippen molar-refractivity contribution in [1.82, 2.24) is 14.5 Å². The third-order valence-electron chi connectivity index (χ3n) is 3.95. The Bertz CT molecular complexity index is 435. The molecule has 5 nitrogen and oxygen atoms in total. The van der Waals surface area contributed by atoms with Gasteiger partial charge in [0.15, 0.2) is 0 Å². The highest BCUT2D eigenvalue weighted by atomic mass is 16.2. The highest BCUT2D eigenvalue weighted by Gasteiger charge is 2.36. The molecule has 0 aromatic carbocycles. The minimum Gasteiger partial charge on any atom is -0.333 e. The number of aromatic nitrogens is 2. The fourth-order valence-corrected chi connectivity index (χ4v) is 2.61. The monoisotopic (exact) mass is 234 g/mol. The van der Waals surface area contributed by atoms with Crippen molar-refractivity contribution in [2.45, 2.75) is 44.3 Å². The third-order valence-corrected chi connectivity index (χ3v) is 3.95. The van der Waals surface area contributed by atoms with Gasteiger partial charge in [0.2, 0.25) is 5.91 Å². The van der Waals surface area contributed by atoms with Gasteiger partial charge in [-0.25, -0.2) is 4.98 Å². The maximum absolute atomic E-state index is 12.1. The van der Waals surface area contributed by atoms with Gasteiger partial charge >= 0.3 is 0 Å². The number of nitrogens with zero attached hydrogens (tertiary/aromatic N) is 3. The van der Waals surface area contributed by atoms with E-state index in [9.17, 15) is 4.79 Å². The molecule has 17 heavy (non-hydrogen) atoms. The molecule has 0 atom stereocenters. The lowest BCUT2D eigenvalue weighted by atomic mass is 9.75. The molecule has 5 heteroatoms. The van der Waals surface area contributed by atoms with Crippen molar-refractivity contribution in [2.24, 2.45) is 5.73 Å². The minimum atomic E-state index is -0.218. The fourth-order valence-electron chi connectivity index (χ4n) is 2.61. The van der Waals surface area contributed by atoms with Gasteiger partial charge in [0.1, 0.15) is 5.82 Å². The van der Waals surface area contributed by atoms with Gasteiger partial charge in [0.05, 0.1) is 6.54 Å². The molecule has 0 spiro atoms. The van der Waals surface area contributed by atoms with Crippen LogP contribution < -0.4 is 5.73 Å². The minimum absolute atomic E-state index is 0.182. The molecule has 1 fully saturated rings. The summed E-state index contributed by atoms with van der Waals surface area (Å²) in [7, 11) is 0. The molecule has 0 saturated heterocycles. The van der Waals surface area contributed by atoms with Crippen LogP contribution in [0.4, 0.5) is 0 Å². The standard InChI is InChI=1S/C12H18N4O/c13-12(2-1-3-12)8-11(17)16-7-6-15-5-4-14-10(15)9-16/h4-5H,1-3,6-9,13H2. The molecule has 1 aromatic heterocycles. The first kappa shape index (κ1) is 10.8. The van der Waals surface area contributed by atoms with E-state index in [-0.39, 0.29) is 11.4 Å². The molecule has 1 amide bonds. The summed E-state index contributed by atoms with van der Waals surface area (Å²) in [5, 5.41) is 0. The largest absolute Gasteiger partial charge is 0.333 e. The Balaban J connectivity index is 1.64. The molecule has 2 N–H and O–H groups in total. The van der Waals surface area contributed by atoms with Crippen molar-refractivity contribution >= 4 is 5.91 Å².